The minimum absolute atomic E-state index is 0.232. The summed E-state index contributed by atoms with van der Waals surface area (Å²) < 4.78 is 63.1. The molecule has 2 aromatic carbocycles. The van der Waals surface area contributed by atoms with Crippen molar-refractivity contribution in [2.24, 2.45) is 0 Å². The highest BCUT2D eigenvalue weighted by Crippen LogP contribution is 2.35. The van der Waals surface area contributed by atoms with Gasteiger partial charge in [0.25, 0.3) is 5.91 Å². The third kappa shape index (κ3) is 4.96. The van der Waals surface area contributed by atoms with E-state index < -0.39 is 30.0 Å². The van der Waals surface area contributed by atoms with Crippen LogP contribution in [0.4, 0.5) is 17.6 Å². The van der Waals surface area contributed by atoms with Gasteiger partial charge in [-0.2, -0.15) is 13.2 Å². The minimum atomic E-state index is -4.73. The smallest absolute Gasteiger partial charge is 0.416 e. The van der Waals surface area contributed by atoms with Crippen LogP contribution in [0.2, 0.25) is 0 Å². The summed E-state index contributed by atoms with van der Waals surface area (Å²) in [5, 5.41) is 3.00. The van der Waals surface area contributed by atoms with E-state index in [0.717, 1.165) is 23.5 Å². The van der Waals surface area contributed by atoms with Gasteiger partial charge in [0.05, 0.1) is 25.5 Å². The zero-order valence-electron chi connectivity index (χ0n) is 16.8. The summed E-state index contributed by atoms with van der Waals surface area (Å²) in [4.78, 5) is 17.2. The van der Waals surface area contributed by atoms with Gasteiger partial charge in [0.1, 0.15) is 15.7 Å². The maximum Gasteiger partial charge on any atom is 0.416 e. The molecule has 0 aliphatic carbocycles. The Labute approximate surface area is 179 Å². The van der Waals surface area contributed by atoms with Crippen LogP contribution in [-0.4, -0.2) is 25.1 Å². The van der Waals surface area contributed by atoms with Crippen molar-refractivity contribution in [2.75, 3.05) is 14.2 Å². The Balaban J connectivity index is 1.81. The van der Waals surface area contributed by atoms with E-state index in [0.29, 0.717) is 33.8 Å². The molecule has 3 rings (SSSR count). The number of aryl methyl sites for hydroxylation is 1. The fraction of sp³-hybridized carbons (Fsp3) is 0.238. The molecular formula is C21H18F4N2O3S. The fourth-order valence-corrected chi connectivity index (χ4v) is 3.90. The Morgan fingerprint density at radius 2 is 1.81 bits per heavy atom. The standard InChI is InChI=1S/C21H18F4N2O3S/c1-11-18(31-20(27-11)12-5-7-16(29-2)17(8-12)30-3)19(28)26-10-13-4-6-14(22)9-15(13)21(23,24)25/h4-9H,10H2,1-3H3,(H,26,28). The number of alkyl halides is 3. The fourth-order valence-electron chi connectivity index (χ4n) is 2.92. The second-order valence-electron chi connectivity index (χ2n) is 6.49. The normalized spacial score (nSPS) is 11.3. The molecular weight excluding hydrogens is 436 g/mol. The van der Waals surface area contributed by atoms with E-state index in [9.17, 15) is 22.4 Å². The monoisotopic (exact) mass is 454 g/mol. The summed E-state index contributed by atoms with van der Waals surface area (Å²) in [6.07, 6.45) is -4.73. The Bertz CT molecular complexity index is 1110. The summed E-state index contributed by atoms with van der Waals surface area (Å²) in [6.45, 7) is 1.23. The minimum Gasteiger partial charge on any atom is -0.493 e. The van der Waals surface area contributed by atoms with Crippen LogP contribution in [0.5, 0.6) is 11.5 Å². The van der Waals surface area contributed by atoms with Gasteiger partial charge < -0.3 is 14.8 Å². The number of thiazole rings is 1. The number of amides is 1. The zero-order chi connectivity index (χ0) is 22.8. The first-order chi connectivity index (χ1) is 14.6. The van der Waals surface area contributed by atoms with Gasteiger partial charge in [0.15, 0.2) is 11.5 Å². The Morgan fingerprint density at radius 1 is 1.10 bits per heavy atom. The topological polar surface area (TPSA) is 60.5 Å². The van der Waals surface area contributed by atoms with E-state index >= 15 is 0 Å². The molecule has 0 aliphatic heterocycles. The predicted molar refractivity (Wildman–Crippen MR) is 108 cm³/mol. The lowest BCUT2D eigenvalue weighted by molar-refractivity contribution is -0.138. The summed E-state index contributed by atoms with van der Waals surface area (Å²) in [6, 6.07) is 7.52. The molecule has 1 N–H and O–H groups in total. The van der Waals surface area contributed by atoms with Crippen molar-refractivity contribution >= 4 is 17.2 Å². The Morgan fingerprint density at radius 3 is 2.45 bits per heavy atom. The lowest BCUT2D eigenvalue weighted by Gasteiger charge is -2.13. The summed E-state index contributed by atoms with van der Waals surface area (Å²) in [7, 11) is 3.01. The molecule has 0 fully saturated rings. The molecule has 0 saturated heterocycles. The van der Waals surface area contributed by atoms with Gasteiger partial charge in [-0.15, -0.1) is 11.3 Å². The highest BCUT2D eigenvalue weighted by atomic mass is 32.1. The molecule has 1 amide bonds. The van der Waals surface area contributed by atoms with Crippen LogP contribution in [-0.2, 0) is 12.7 Å². The third-order valence-electron chi connectivity index (χ3n) is 4.45. The molecule has 164 valence electrons. The van der Waals surface area contributed by atoms with Gasteiger partial charge in [-0.05, 0) is 42.8 Å². The first-order valence-electron chi connectivity index (χ1n) is 8.97. The number of carbonyl (C=O) groups is 1. The van der Waals surface area contributed by atoms with Crippen molar-refractivity contribution < 1.29 is 31.8 Å². The second-order valence-corrected chi connectivity index (χ2v) is 7.48. The van der Waals surface area contributed by atoms with Crippen molar-refractivity contribution in [3.8, 4) is 22.1 Å². The molecule has 0 unspecified atom stereocenters. The van der Waals surface area contributed by atoms with Gasteiger partial charge >= 0.3 is 6.18 Å². The number of aromatic nitrogens is 1. The van der Waals surface area contributed by atoms with Crippen LogP contribution in [0.1, 0.15) is 26.5 Å². The molecule has 0 saturated carbocycles. The molecule has 1 aromatic heterocycles. The molecule has 1 heterocycles. The number of rotatable bonds is 6. The number of ether oxygens (including phenoxy) is 2. The zero-order valence-corrected chi connectivity index (χ0v) is 17.6. The van der Waals surface area contributed by atoms with E-state index in [-0.39, 0.29) is 10.4 Å². The van der Waals surface area contributed by atoms with Gasteiger partial charge in [0, 0.05) is 12.1 Å². The van der Waals surface area contributed by atoms with E-state index in [1.807, 2.05) is 0 Å². The van der Waals surface area contributed by atoms with Crippen molar-refractivity contribution in [1.29, 1.82) is 0 Å². The van der Waals surface area contributed by atoms with Crippen LogP contribution in [0.25, 0.3) is 10.6 Å². The number of halogens is 4. The molecule has 10 heteroatoms. The molecule has 0 atom stereocenters. The van der Waals surface area contributed by atoms with Crippen molar-refractivity contribution in [2.45, 2.75) is 19.6 Å². The van der Waals surface area contributed by atoms with Gasteiger partial charge in [-0.1, -0.05) is 6.07 Å². The Hall–Kier alpha value is -3.14. The van der Waals surface area contributed by atoms with E-state index in [4.69, 9.17) is 9.47 Å². The van der Waals surface area contributed by atoms with Crippen LogP contribution in [0.3, 0.4) is 0 Å². The maximum absolute atomic E-state index is 13.2. The molecule has 5 nitrogen and oxygen atoms in total. The number of carbonyl (C=O) groups excluding carboxylic acids is 1. The average molecular weight is 454 g/mol. The van der Waals surface area contributed by atoms with Crippen molar-refractivity contribution in [3.63, 3.8) is 0 Å². The lowest BCUT2D eigenvalue weighted by atomic mass is 10.1. The number of nitrogens with one attached hydrogen (secondary N) is 1. The Kier molecular flexibility index (Phi) is 6.49. The molecule has 0 bridgehead atoms. The molecule has 0 spiro atoms. The maximum atomic E-state index is 13.2. The van der Waals surface area contributed by atoms with Crippen LogP contribution in [0.15, 0.2) is 36.4 Å². The average Bonchev–Trinajstić information content (AvgIpc) is 3.13. The molecule has 0 aliphatic rings. The highest BCUT2D eigenvalue weighted by molar-refractivity contribution is 7.17. The number of nitrogens with zero attached hydrogens (tertiary/aromatic N) is 1. The second kappa shape index (κ2) is 8.93. The first kappa shape index (κ1) is 22.5. The number of methoxy groups -OCH3 is 2. The van der Waals surface area contributed by atoms with Gasteiger partial charge in [-0.3, -0.25) is 4.79 Å². The predicted octanol–water partition coefficient (Wildman–Crippen LogP) is 5.22. The van der Waals surface area contributed by atoms with Crippen molar-refractivity contribution in [3.05, 3.63) is 63.9 Å². The number of hydrogen-bond donors (Lipinski definition) is 1. The first-order valence-corrected chi connectivity index (χ1v) is 9.79. The van der Waals surface area contributed by atoms with Gasteiger partial charge in [-0.25, -0.2) is 9.37 Å². The molecule has 0 radical (unpaired) electrons. The number of hydrogen-bond acceptors (Lipinski definition) is 5. The summed E-state index contributed by atoms with van der Waals surface area (Å²) in [5.41, 5.74) is -0.227. The van der Waals surface area contributed by atoms with Crippen LogP contribution < -0.4 is 14.8 Å². The SMILES string of the molecule is COc1ccc(-c2nc(C)c(C(=O)NCc3ccc(F)cc3C(F)(F)F)s2)cc1OC. The third-order valence-corrected chi connectivity index (χ3v) is 5.66. The van der Waals surface area contributed by atoms with E-state index in [1.165, 1.54) is 14.2 Å². The summed E-state index contributed by atoms with van der Waals surface area (Å²) >= 11 is 1.10. The van der Waals surface area contributed by atoms with Gasteiger partial charge in [0.2, 0.25) is 0 Å². The van der Waals surface area contributed by atoms with Crippen LogP contribution in [0, 0.1) is 12.7 Å². The summed E-state index contributed by atoms with van der Waals surface area (Å²) in [5.74, 6) is -0.536. The largest absolute Gasteiger partial charge is 0.493 e. The van der Waals surface area contributed by atoms with E-state index in [2.05, 4.69) is 10.3 Å². The highest BCUT2D eigenvalue weighted by Gasteiger charge is 2.33. The number of benzene rings is 2. The molecule has 3 aromatic rings. The van der Waals surface area contributed by atoms with Crippen molar-refractivity contribution in [1.82, 2.24) is 10.3 Å². The molecule has 31 heavy (non-hydrogen) atoms. The van der Waals surface area contributed by atoms with E-state index in [1.54, 1.807) is 25.1 Å². The quantitative estimate of drug-likeness (QED) is 0.519. The lowest BCUT2D eigenvalue weighted by Crippen LogP contribution is -2.24. The van der Waals surface area contributed by atoms with Crippen LogP contribution >= 0.6 is 11.3 Å².